The van der Waals surface area contributed by atoms with Gasteiger partial charge in [0.1, 0.15) is 0 Å². The molecule has 0 aromatic carbocycles. The van der Waals surface area contributed by atoms with E-state index in [-0.39, 0.29) is 12.7 Å². The fourth-order valence-corrected chi connectivity index (χ4v) is 0.597. The van der Waals surface area contributed by atoms with Crippen molar-refractivity contribution in [1.82, 2.24) is 0 Å². The van der Waals surface area contributed by atoms with Crippen molar-refractivity contribution in [2.24, 2.45) is 0 Å². The zero-order valence-electron chi connectivity index (χ0n) is 9.94. The van der Waals surface area contributed by atoms with Crippen molar-refractivity contribution in [3.63, 3.8) is 0 Å². The minimum absolute atomic E-state index is 0.0870. The molecule has 0 spiro atoms. The molecule has 0 radical (unpaired) electrons. The highest BCUT2D eigenvalue weighted by Crippen LogP contribution is 1.79. The lowest BCUT2D eigenvalue weighted by Crippen LogP contribution is -2.09. The van der Waals surface area contributed by atoms with E-state index < -0.39 is 0 Å². The number of aliphatic hydroxyl groups excluding tert-OH is 2. The smallest absolute Gasteiger partial charge is 0.0745 e. The summed E-state index contributed by atoms with van der Waals surface area (Å²) in [5.41, 5.74) is 0. The largest absolute Gasteiger partial charge is 0.394 e. The Balaban J connectivity index is 0. The molecule has 5 nitrogen and oxygen atoms in total. The predicted octanol–water partition coefficient (Wildman–Crippen LogP) is 0.0454. The van der Waals surface area contributed by atoms with Crippen molar-refractivity contribution in [3.05, 3.63) is 0 Å². The minimum Gasteiger partial charge on any atom is -0.394 e. The standard InChI is InChI=1S/C5H12O3.C5H12O2/c1-7-4-5-8-3-2-6;1-3-7-4-5(2)6/h6H,2-5H2,1H3;5-6H,3-4H2,1-2H3. The first kappa shape index (κ1) is 17.2. The Morgan fingerprint density at radius 2 is 1.80 bits per heavy atom. The molecule has 94 valence electrons. The first-order valence-corrected chi connectivity index (χ1v) is 5.12. The van der Waals surface area contributed by atoms with Crippen LogP contribution in [-0.2, 0) is 14.2 Å². The van der Waals surface area contributed by atoms with E-state index in [2.05, 4.69) is 4.74 Å². The Bertz CT molecular complexity index is 91.8. The van der Waals surface area contributed by atoms with E-state index in [4.69, 9.17) is 19.7 Å². The summed E-state index contributed by atoms with van der Waals surface area (Å²) >= 11 is 0. The van der Waals surface area contributed by atoms with E-state index >= 15 is 0 Å². The molecule has 0 saturated carbocycles. The molecule has 0 aliphatic carbocycles. The second kappa shape index (κ2) is 16.2. The van der Waals surface area contributed by atoms with Crippen molar-refractivity contribution in [2.75, 3.05) is 46.8 Å². The van der Waals surface area contributed by atoms with Gasteiger partial charge < -0.3 is 24.4 Å². The van der Waals surface area contributed by atoms with Gasteiger partial charge in [0, 0.05) is 13.7 Å². The summed E-state index contributed by atoms with van der Waals surface area (Å²) in [6.07, 6.45) is -0.319. The van der Waals surface area contributed by atoms with Gasteiger partial charge in [0.25, 0.3) is 0 Å². The van der Waals surface area contributed by atoms with Crippen LogP contribution in [0.3, 0.4) is 0 Å². The van der Waals surface area contributed by atoms with E-state index in [1.165, 1.54) is 0 Å². The Kier molecular flexibility index (Phi) is 18.6. The Morgan fingerprint density at radius 3 is 2.13 bits per heavy atom. The molecular formula is C10H24O5. The molecule has 0 amide bonds. The van der Waals surface area contributed by atoms with Gasteiger partial charge in [-0.3, -0.25) is 0 Å². The highest BCUT2D eigenvalue weighted by atomic mass is 16.5. The van der Waals surface area contributed by atoms with Gasteiger partial charge in [-0.15, -0.1) is 0 Å². The van der Waals surface area contributed by atoms with E-state index in [1.807, 2.05) is 6.92 Å². The van der Waals surface area contributed by atoms with E-state index in [0.717, 1.165) is 0 Å². The zero-order chi connectivity index (χ0) is 11.9. The SMILES string of the molecule is CCOCC(C)O.COCCOCCO. The summed E-state index contributed by atoms with van der Waals surface area (Å²) in [5.74, 6) is 0. The van der Waals surface area contributed by atoms with Crippen LogP contribution in [-0.4, -0.2) is 63.1 Å². The first-order valence-electron chi connectivity index (χ1n) is 5.12. The number of methoxy groups -OCH3 is 1. The lowest BCUT2D eigenvalue weighted by Gasteiger charge is -2.00. The highest BCUT2D eigenvalue weighted by molar-refractivity contribution is 4.38. The molecule has 0 fully saturated rings. The van der Waals surface area contributed by atoms with Crippen molar-refractivity contribution in [3.8, 4) is 0 Å². The summed E-state index contributed by atoms with van der Waals surface area (Å²) in [6.45, 7) is 6.41. The molecule has 15 heavy (non-hydrogen) atoms. The minimum atomic E-state index is -0.319. The normalized spacial score (nSPS) is 11.8. The number of ether oxygens (including phenoxy) is 3. The third-order valence-corrected chi connectivity index (χ3v) is 1.23. The van der Waals surface area contributed by atoms with Crippen molar-refractivity contribution < 1.29 is 24.4 Å². The van der Waals surface area contributed by atoms with Gasteiger partial charge in [-0.2, -0.15) is 0 Å². The van der Waals surface area contributed by atoms with Crippen LogP contribution >= 0.6 is 0 Å². The lowest BCUT2D eigenvalue weighted by molar-refractivity contribution is 0.0500. The summed E-state index contributed by atoms with van der Waals surface area (Å²) in [4.78, 5) is 0. The Labute approximate surface area is 92.0 Å². The second-order valence-electron chi connectivity index (χ2n) is 2.84. The maximum atomic E-state index is 8.56. The van der Waals surface area contributed by atoms with Crippen LogP contribution in [0.1, 0.15) is 13.8 Å². The topological polar surface area (TPSA) is 68.2 Å². The second-order valence-corrected chi connectivity index (χ2v) is 2.84. The average Bonchev–Trinajstić information content (AvgIpc) is 2.22. The maximum Gasteiger partial charge on any atom is 0.0745 e. The first-order chi connectivity index (χ1) is 7.18. The third kappa shape index (κ3) is 24.8. The number of hydrogen-bond donors (Lipinski definition) is 2. The van der Waals surface area contributed by atoms with Gasteiger partial charge in [-0.25, -0.2) is 0 Å². The number of hydrogen-bond acceptors (Lipinski definition) is 5. The summed E-state index contributed by atoms with van der Waals surface area (Å²) < 4.78 is 14.4. The Hall–Kier alpha value is -0.200. The fraction of sp³-hybridized carbons (Fsp3) is 1.00. The van der Waals surface area contributed by atoms with Crippen molar-refractivity contribution in [1.29, 1.82) is 0 Å². The molecule has 0 saturated heterocycles. The molecule has 0 bridgehead atoms. The fourth-order valence-electron chi connectivity index (χ4n) is 0.597. The molecule has 5 heteroatoms. The van der Waals surface area contributed by atoms with Crippen LogP contribution in [0.15, 0.2) is 0 Å². The third-order valence-electron chi connectivity index (χ3n) is 1.23. The van der Waals surface area contributed by atoms with Gasteiger partial charge in [0.2, 0.25) is 0 Å². The summed E-state index contributed by atoms with van der Waals surface area (Å²) in [6, 6.07) is 0. The van der Waals surface area contributed by atoms with Gasteiger partial charge in [0.05, 0.1) is 39.1 Å². The summed E-state index contributed by atoms with van der Waals surface area (Å²) in [7, 11) is 1.61. The predicted molar refractivity (Wildman–Crippen MR) is 58.0 cm³/mol. The molecule has 0 aromatic rings. The van der Waals surface area contributed by atoms with Crippen LogP contribution < -0.4 is 0 Å². The lowest BCUT2D eigenvalue weighted by atomic mass is 10.4. The van der Waals surface area contributed by atoms with Crippen LogP contribution in [0.4, 0.5) is 0 Å². The molecule has 0 aromatic heterocycles. The number of aliphatic hydroxyl groups is 2. The van der Waals surface area contributed by atoms with Gasteiger partial charge in [-0.05, 0) is 13.8 Å². The molecule has 2 N–H and O–H groups in total. The molecule has 0 heterocycles. The molecule has 0 aliphatic heterocycles. The monoisotopic (exact) mass is 224 g/mol. The van der Waals surface area contributed by atoms with Gasteiger partial charge in [0.15, 0.2) is 0 Å². The van der Waals surface area contributed by atoms with E-state index in [9.17, 15) is 0 Å². The molecule has 1 unspecified atom stereocenters. The molecule has 0 rings (SSSR count). The average molecular weight is 224 g/mol. The number of rotatable bonds is 8. The molecular weight excluding hydrogens is 200 g/mol. The van der Waals surface area contributed by atoms with Crippen LogP contribution in [0.25, 0.3) is 0 Å². The quantitative estimate of drug-likeness (QED) is 0.570. The van der Waals surface area contributed by atoms with E-state index in [1.54, 1.807) is 14.0 Å². The summed E-state index contributed by atoms with van der Waals surface area (Å²) in [5, 5.41) is 16.8. The maximum absolute atomic E-state index is 8.56. The highest BCUT2D eigenvalue weighted by Gasteiger charge is 1.90. The van der Waals surface area contributed by atoms with Crippen LogP contribution in [0, 0.1) is 0 Å². The van der Waals surface area contributed by atoms with E-state index in [0.29, 0.717) is 33.0 Å². The zero-order valence-corrected chi connectivity index (χ0v) is 9.94. The van der Waals surface area contributed by atoms with Gasteiger partial charge >= 0.3 is 0 Å². The van der Waals surface area contributed by atoms with Crippen molar-refractivity contribution >= 4 is 0 Å². The molecule has 1 atom stereocenters. The van der Waals surface area contributed by atoms with Crippen molar-refractivity contribution in [2.45, 2.75) is 20.0 Å². The van der Waals surface area contributed by atoms with Crippen LogP contribution in [0.5, 0.6) is 0 Å². The molecule has 0 aliphatic rings. The van der Waals surface area contributed by atoms with Gasteiger partial charge in [-0.1, -0.05) is 0 Å². The Morgan fingerprint density at radius 1 is 1.13 bits per heavy atom. The van der Waals surface area contributed by atoms with Crippen LogP contribution in [0.2, 0.25) is 0 Å².